The Morgan fingerprint density at radius 1 is 1.08 bits per heavy atom. The highest BCUT2D eigenvalue weighted by molar-refractivity contribution is 6.03. The van der Waals surface area contributed by atoms with Gasteiger partial charge in [-0.15, -0.1) is 0 Å². The first-order chi connectivity index (χ1) is 11.9. The monoisotopic (exact) mass is 342 g/mol. The molecule has 0 unspecified atom stereocenters. The normalized spacial score (nSPS) is 10.8. The zero-order valence-corrected chi connectivity index (χ0v) is 15.2. The van der Waals surface area contributed by atoms with Gasteiger partial charge in [0, 0.05) is 24.6 Å². The average molecular weight is 342 g/mol. The molecule has 134 valence electrons. The minimum Gasteiger partial charge on any atom is -0.491 e. The van der Waals surface area contributed by atoms with E-state index >= 15 is 0 Å². The van der Waals surface area contributed by atoms with Crippen LogP contribution in [0.5, 0.6) is 5.75 Å². The van der Waals surface area contributed by atoms with E-state index in [0.717, 1.165) is 18.7 Å². The maximum atomic E-state index is 12.2. The number of ether oxygens (including phenoxy) is 1. The minimum atomic E-state index is -0.244. The van der Waals surface area contributed by atoms with Gasteiger partial charge in [0.2, 0.25) is 5.95 Å². The molecular weight excluding hydrogens is 316 g/mol. The predicted octanol–water partition coefficient (Wildman–Crippen LogP) is 3.97. The van der Waals surface area contributed by atoms with E-state index in [9.17, 15) is 4.79 Å². The van der Waals surface area contributed by atoms with Crippen LogP contribution >= 0.6 is 0 Å². The molecule has 0 aliphatic rings. The molecule has 0 aliphatic carbocycles. The van der Waals surface area contributed by atoms with E-state index in [1.54, 1.807) is 12.1 Å². The molecule has 1 aromatic carbocycles. The third kappa shape index (κ3) is 6.41. The van der Waals surface area contributed by atoms with Gasteiger partial charge in [-0.2, -0.15) is 0 Å². The number of hydrogen-bond donors (Lipinski definition) is 2. The Labute approximate surface area is 149 Å². The van der Waals surface area contributed by atoms with Gasteiger partial charge in [-0.1, -0.05) is 13.8 Å². The molecule has 6 heteroatoms. The summed E-state index contributed by atoms with van der Waals surface area (Å²) < 4.78 is 5.58. The molecule has 0 radical (unpaired) electrons. The molecule has 6 nitrogen and oxygen atoms in total. The summed E-state index contributed by atoms with van der Waals surface area (Å²) in [6.07, 6.45) is 4.21. The van der Waals surface area contributed by atoms with E-state index in [-0.39, 0.29) is 12.0 Å². The Kier molecular flexibility index (Phi) is 6.74. The summed E-state index contributed by atoms with van der Waals surface area (Å²) in [7, 11) is 0. The SMILES string of the molecule is CC(C)CCNc1ncc(C(=O)Nc2ccc(OC(C)C)cc2)cn1. The van der Waals surface area contributed by atoms with Crippen LogP contribution in [-0.2, 0) is 0 Å². The van der Waals surface area contributed by atoms with E-state index in [0.29, 0.717) is 23.1 Å². The molecule has 0 bridgehead atoms. The van der Waals surface area contributed by atoms with E-state index in [1.165, 1.54) is 12.4 Å². The van der Waals surface area contributed by atoms with Crippen LogP contribution in [0.25, 0.3) is 0 Å². The van der Waals surface area contributed by atoms with Gasteiger partial charge in [-0.25, -0.2) is 9.97 Å². The Bertz CT molecular complexity index is 667. The number of nitrogens with one attached hydrogen (secondary N) is 2. The van der Waals surface area contributed by atoms with Crippen molar-refractivity contribution in [1.82, 2.24) is 9.97 Å². The van der Waals surface area contributed by atoms with Crippen molar-refractivity contribution in [1.29, 1.82) is 0 Å². The van der Waals surface area contributed by atoms with Crippen LogP contribution in [0.15, 0.2) is 36.7 Å². The summed E-state index contributed by atoms with van der Waals surface area (Å²) in [5.74, 6) is 1.68. The molecule has 0 saturated carbocycles. The lowest BCUT2D eigenvalue weighted by Gasteiger charge is -2.11. The van der Waals surface area contributed by atoms with Gasteiger partial charge >= 0.3 is 0 Å². The average Bonchev–Trinajstić information content (AvgIpc) is 2.56. The number of carbonyl (C=O) groups is 1. The molecule has 0 spiro atoms. The lowest BCUT2D eigenvalue weighted by molar-refractivity contribution is 0.102. The van der Waals surface area contributed by atoms with Crippen molar-refractivity contribution >= 4 is 17.5 Å². The van der Waals surface area contributed by atoms with Crippen LogP contribution in [0.2, 0.25) is 0 Å². The maximum Gasteiger partial charge on any atom is 0.258 e. The number of rotatable bonds is 8. The van der Waals surface area contributed by atoms with Crippen LogP contribution in [0.3, 0.4) is 0 Å². The van der Waals surface area contributed by atoms with Crippen LogP contribution in [-0.4, -0.2) is 28.5 Å². The van der Waals surface area contributed by atoms with Gasteiger partial charge in [0.05, 0.1) is 11.7 Å². The molecule has 1 amide bonds. The highest BCUT2D eigenvalue weighted by Gasteiger charge is 2.08. The van der Waals surface area contributed by atoms with Gasteiger partial charge < -0.3 is 15.4 Å². The first-order valence-electron chi connectivity index (χ1n) is 8.58. The summed E-state index contributed by atoms with van der Waals surface area (Å²) in [5.41, 5.74) is 1.11. The fourth-order valence-corrected chi connectivity index (χ4v) is 2.10. The van der Waals surface area contributed by atoms with Crippen molar-refractivity contribution in [3.63, 3.8) is 0 Å². The summed E-state index contributed by atoms with van der Waals surface area (Å²) in [4.78, 5) is 20.6. The van der Waals surface area contributed by atoms with Crippen LogP contribution < -0.4 is 15.4 Å². The largest absolute Gasteiger partial charge is 0.491 e. The molecule has 0 saturated heterocycles. The van der Waals surface area contributed by atoms with Crippen molar-refractivity contribution < 1.29 is 9.53 Å². The highest BCUT2D eigenvalue weighted by atomic mass is 16.5. The van der Waals surface area contributed by atoms with Crippen molar-refractivity contribution in [3.8, 4) is 5.75 Å². The van der Waals surface area contributed by atoms with Gasteiger partial charge in [-0.05, 0) is 50.5 Å². The van der Waals surface area contributed by atoms with Gasteiger partial charge in [0.1, 0.15) is 5.75 Å². The van der Waals surface area contributed by atoms with E-state index in [4.69, 9.17) is 4.74 Å². The van der Waals surface area contributed by atoms with Crippen molar-refractivity contribution in [3.05, 3.63) is 42.2 Å². The molecular formula is C19H26N4O2. The Balaban J connectivity index is 1.89. The van der Waals surface area contributed by atoms with Crippen LogP contribution in [0.1, 0.15) is 44.5 Å². The second-order valence-electron chi connectivity index (χ2n) is 6.55. The standard InChI is InChI=1S/C19H26N4O2/c1-13(2)9-10-20-19-21-11-15(12-22-19)18(24)23-16-5-7-17(8-6-16)25-14(3)4/h5-8,11-14H,9-10H2,1-4H3,(H,23,24)(H,20,21,22). The first-order valence-corrected chi connectivity index (χ1v) is 8.58. The van der Waals surface area contributed by atoms with Gasteiger partial charge in [0.15, 0.2) is 0 Å². The number of amides is 1. The van der Waals surface area contributed by atoms with Gasteiger partial charge in [0.25, 0.3) is 5.91 Å². The van der Waals surface area contributed by atoms with Crippen molar-refractivity contribution in [2.45, 2.75) is 40.2 Å². The number of anilines is 2. The highest BCUT2D eigenvalue weighted by Crippen LogP contribution is 2.17. The molecule has 2 aromatic rings. The third-order valence-corrected chi connectivity index (χ3v) is 3.40. The Morgan fingerprint density at radius 2 is 1.72 bits per heavy atom. The fraction of sp³-hybridized carbons (Fsp3) is 0.421. The van der Waals surface area contributed by atoms with Crippen molar-refractivity contribution in [2.24, 2.45) is 5.92 Å². The maximum absolute atomic E-state index is 12.2. The number of carbonyl (C=O) groups excluding carboxylic acids is 1. The second kappa shape index (κ2) is 9.01. The van der Waals surface area contributed by atoms with Crippen LogP contribution in [0, 0.1) is 5.92 Å². The van der Waals surface area contributed by atoms with Crippen LogP contribution in [0.4, 0.5) is 11.6 Å². The number of benzene rings is 1. The summed E-state index contributed by atoms with van der Waals surface area (Å²) in [6.45, 7) is 9.08. The molecule has 2 N–H and O–H groups in total. The smallest absolute Gasteiger partial charge is 0.258 e. The molecule has 0 aliphatic heterocycles. The zero-order valence-electron chi connectivity index (χ0n) is 15.2. The fourth-order valence-electron chi connectivity index (χ4n) is 2.10. The minimum absolute atomic E-state index is 0.116. The molecule has 1 heterocycles. The Hall–Kier alpha value is -2.63. The van der Waals surface area contributed by atoms with E-state index in [2.05, 4.69) is 34.4 Å². The predicted molar refractivity (Wildman–Crippen MR) is 100 cm³/mol. The molecule has 25 heavy (non-hydrogen) atoms. The summed E-state index contributed by atoms with van der Waals surface area (Å²) >= 11 is 0. The number of hydrogen-bond acceptors (Lipinski definition) is 5. The Morgan fingerprint density at radius 3 is 2.28 bits per heavy atom. The van der Waals surface area contributed by atoms with E-state index in [1.807, 2.05) is 26.0 Å². The molecule has 0 atom stereocenters. The number of nitrogens with zero attached hydrogens (tertiary/aromatic N) is 2. The summed E-state index contributed by atoms with van der Waals surface area (Å²) in [6, 6.07) is 7.26. The molecule has 2 rings (SSSR count). The lowest BCUT2D eigenvalue weighted by Crippen LogP contribution is -2.14. The topological polar surface area (TPSA) is 76.1 Å². The van der Waals surface area contributed by atoms with Gasteiger partial charge in [-0.3, -0.25) is 4.79 Å². The number of aromatic nitrogens is 2. The lowest BCUT2D eigenvalue weighted by atomic mass is 10.1. The zero-order chi connectivity index (χ0) is 18.2. The quantitative estimate of drug-likeness (QED) is 0.759. The third-order valence-electron chi connectivity index (χ3n) is 3.40. The van der Waals surface area contributed by atoms with E-state index < -0.39 is 0 Å². The first kappa shape index (κ1) is 18.7. The molecule has 0 fully saturated rings. The second-order valence-corrected chi connectivity index (χ2v) is 6.55. The summed E-state index contributed by atoms with van der Waals surface area (Å²) in [5, 5.41) is 5.97. The van der Waals surface area contributed by atoms with Crippen molar-refractivity contribution in [2.75, 3.05) is 17.2 Å². The molecule has 1 aromatic heterocycles.